The van der Waals surface area contributed by atoms with Gasteiger partial charge in [-0.25, -0.2) is 8.42 Å². The molecule has 0 aromatic heterocycles. The SMILES string of the molecule is CC(O)C1CCCCN1S(=O)(=O)C1=Cc2ccccc2CC1. The summed E-state index contributed by atoms with van der Waals surface area (Å²) >= 11 is 0. The molecule has 2 atom stereocenters. The van der Waals surface area contributed by atoms with Gasteiger partial charge in [-0.1, -0.05) is 30.7 Å². The van der Waals surface area contributed by atoms with Crippen molar-refractivity contribution in [2.75, 3.05) is 6.54 Å². The number of benzene rings is 1. The molecule has 22 heavy (non-hydrogen) atoms. The lowest BCUT2D eigenvalue weighted by Gasteiger charge is -2.37. The van der Waals surface area contributed by atoms with Gasteiger partial charge in [0.1, 0.15) is 0 Å². The molecule has 120 valence electrons. The van der Waals surface area contributed by atoms with Crippen LogP contribution in [0.5, 0.6) is 0 Å². The van der Waals surface area contributed by atoms with Crippen LogP contribution in [0.4, 0.5) is 0 Å². The van der Waals surface area contributed by atoms with Gasteiger partial charge >= 0.3 is 0 Å². The summed E-state index contributed by atoms with van der Waals surface area (Å²) in [5.41, 5.74) is 2.20. The zero-order valence-electron chi connectivity index (χ0n) is 12.9. The number of fused-ring (bicyclic) bond motifs is 1. The second-order valence-electron chi connectivity index (χ2n) is 6.23. The van der Waals surface area contributed by atoms with Gasteiger partial charge in [0.25, 0.3) is 0 Å². The predicted octanol–water partition coefficient (Wildman–Crippen LogP) is 2.54. The Bertz CT molecular complexity index is 679. The van der Waals surface area contributed by atoms with Gasteiger partial charge in [0.2, 0.25) is 10.0 Å². The molecule has 4 nitrogen and oxygen atoms in total. The van der Waals surface area contributed by atoms with Crippen molar-refractivity contribution in [2.24, 2.45) is 0 Å². The predicted molar refractivity (Wildman–Crippen MR) is 87.7 cm³/mol. The standard InChI is InChI=1S/C17H23NO3S/c1-13(19)17-8-4-5-11-18(17)22(20,21)16-10-9-14-6-2-3-7-15(14)12-16/h2-3,6-7,12-13,17,19H,4-5,8-11H2,1H3. The van der Waals surface area contributed by atoms with Crippen molar-refractivity contribution < 1.29 is 13.5 Å². The largest absolute Gasteiger partial charge is 0.392 e. The van der Waals surface area contributed by atoms with Crippen molar-refractivity contribution in [3.8, 4) is 0 Å². The Morgan fingerprint density at radius 2 is 2.00 bits per heavy atom. The van der Waals surface area contributed by atoms with E-state index in [0.29, 0.717) is 17.9 Å². The number of aliphatic hydroxyl groups excluding tert-OH is 1. The van der Waals surface area contributed by atoms with Crippen LogP contribution >= 0.6 is 0 Å². The maximum atomic E-state index is 13.0. The summed E-state index contributed by atoms with van der Waals surface area (Å²) in [6.07, 6.45) is 5.06. The molecule has 0 radical (unpaired) electrons. The molecule has 0 bridgehead atoms. The Morgan fingerprint density at radius 1 is 1.23 bits per heavy atom. The third-order valence-corrected chi connectivity index (χ3v) is 6.76. The maximum absolute atomic E-state index is 13.0. The zero-order chi connectivity index (χ0) is 15.7. The van der Waals surface area contributed by atoms with Crippen LogP contribution in [0.15, 0.2) is 29.2 Å². The number of allylic oxidation sites excluding steroid dienone is 1. The van der Waals surface area contributed by atoms with E-state index in [1.54, 1.807) is 6.92 Å². The normalized spacial score (nSPS) is 24.5. The van der Waals surface area contributed by atoms with Crippen LogP contribution in [0.1, 0.15) is 43.7 Å². The molecule has 1 fully saturated rings. The molecule has 1 N–H and O–H groups in total. The van der Waals surface area contributed by atoms with Gasteiger partial charge < -0.3 is 5.11 Å². The molecule has 1 heterocycles. The fourth-order valence-electron chi connectivity index (χ4n) is 3.47. The summed E-state index contributed by atoms with van der Waals surface area (Å²) in [5, 5.41) is 9.94. The third kappa shape index (κ3) is 2.85. The Kier molecular flexibility index (Phi) is 4.39. The van der Waals surface area contributed by atoms with E-state index in [2.05, 4.69) is 6.07 Å². The summed E-state index contributed by atoms with van der Waals surface area (Å²) in [7, 11) is -3.49. The van der Waals surface area contributed by atoms with Crippen molar-refractivity contribution in [3.05, 3.63) is 40.3 Å². The number of aryl methyl sites for hydroxylation is 1. The first-order chi connectivity index (χ1) is 10.5. The highest BCUT2D eigenvalue weighted by Gasteiger charge is 2.37. The minimum absolute atomic E-state index is 0.295. The van der Waals surface area contributed by atoms with Crippen LogP contribution in [0.2, 0.25) is 0 Å². The van der Waals surface area contributed by atoms with E-state index in [0.717, 1.165) is 31.2 Å². The van der Waals surface area contributed by atoms with Gasteiger partial charge in [-0.3, -0.25) is 0 Å². The monoisotopic (exact) mass is 321 g/mol. The maximum Gasteiger partial charge on any atom is 0.239 e. The van der Waals surface area contributed by atoms with E-state index in [1.807, 2.05) is 24.3 Å². The highest BCUT2D eigenvalue weighted by molar-refractivity contribution is 7.93. The fourth-order valence-corrected chi connectivity index (χ4v) is 5.42. The first kappa shape index (κ1) is 15.7. The number of rotatable bonds is 3. The van der Waals surface area contributed by atoms with E-state index >= 15 is 0 Å². The third-order valence-electron chi connectivity index (χ3n) is 4.71. The van der Waals surface area contributed by atoms with Crippen LogP contribution in [-0.2, 0) is 16.4 Å². The molecule has 0 saturated carbocycles. The van der Waals surface area contributed by atoms with Crippen LogP contribution in [-0.4, -0.2) is 36.5 Å². The number of hydrogen-bond acceptors (Lipinski definition) is 3. The smallest absolute Gasteiger partial charge is 0.239 e. The zero-order valence-corrected chi connectivity index (χ0v) is 13.7. The van der Waals surface area contributed by atoms with Crippen LogP contribution in [0, 0.1) is 0 Å². The fraction of sp³-hybridized carbons (Fsp3) is 0.529. The van der Waals surface area contributed by atoms with E-state index in [4.69, 9.17) is 0 Å². The lowest BCUT2D eigenvalue weighted by atomic mass is 9.98. The topological polar surface area (TPSA) is 57.6 Å². The molecule has 1 aromatic carbocycles. The van der Waals surface area contributed by atoms with E-state index in [9.17, 15) is 13.5 Å². The van der Waals surface area contributed by atoms with E-state index in [-0.39, 0.29) is 6.04 Å². The van der Waals surface area contributed by atoms with E-state index < -0.39 is 16.1 Å². The lowest BCUT2D eigenvalue weighted by molar-refractivity contribution is 0.0836. The van der Waals surface area contributed by atoms with Gasteiger partial charge in [0.15, 0.2) is 0 Å². The number of aliphatic hydroxyl groups is 1. The molecule has 1 saturated heterocycles. The average Bonchev–Trinajstić information content (AvgIpc) is 2.54. The number of piperidine rings is 1. The Balaban J connectivity index is 1.95. The van der Waals surface area contributed by atoms with Gasteiger partial charge in [0, 0.05) is 6.54 Å². The summed E-state index contributed by atoms with van der Waals surface area (Å²) in [4.78, 5) is 0.485. The second kappa shape index (κ2) is 6.14. The van der Waals surface area contributed by atoms with Gasteiger partial charge in [-0.15, -0.1) is 0 Å². The molecular weight excluding hydrogens is 298 g/mol. The lowest BCUT2D eigenvalue weighted by Crippen LogP contribution is -2.49. The Labute approximate surface area is 132 Å². The molecule has 3 rings (SSSR count). The first-order valence-corrected chi connectivity index (χ1v) is 9.42. The highest BCUT2D eigenvalue weighted by Crippen LogP contribution is 2.32. The minimum atomic E-state index is -3.49. The molecule has 1 aromatic rings. The summed E-state index contributed by atoms with van der Waals surface area (Å²) < 4.78 is 27.6. The van der Waals surface area contributed by atoms with Crippen molar-refractivity contribution >= 4 is 16.1 Å². The molecule has 1 aliphatic carbocycles. The number of hydrogen-bond donors (Lipinski definition) is 1. The average molecular weight is 321 g/mol. The van der Waals surface area contributed by atoms with Crippen molar-refractivity contribution in [2.45, 2.75) is 51.2 Å². The van der Waals surface area contributed by atoms with Crippen molar-refractivity contribution in [1.82, 2.24) is 4.31 Å². The van der Waals surface area contributed by atoms with Crippen molar-refractivity contribution in [3.63, 3.8) is 0 Å². The van der Waals surface area contributed by atoms with Crippen LogP contribution in [0.3, 0.4) is 0 Å². The quantitative estimate of drug-likeness (QED) is 0.931. The summed E-state index contributed by atoms with van der Waals surface area (Å²) in [6.45, 7) is 2.19. The first-order valence-electron chi connectivity index (χ1n) is 7.98. The summed E-state index contributed by atoms with van der Waals surface area (Å²) in [5.74, 6) is 0. The van der Waals surface area contributed by atoms with Crippen LogP contribution < -0.4 is 0 Å². The van der Waals surface area contributed by atoms with Gasteiger partial charge in [-0.05, 0) is 49.8 Å². The van der Waals surface area contributed by atoms with Crippen molar-refractivity contribution in [1.29, 1.82) is 0 Å². The second-order valence-corrected chi connectivity index (χ2v) is 8.17. The van der Waals surface area contributed by atoms with Crippen LogP contribution in [0.25, 0.3) is 6.08 Å². The van der Waals surface area contributed by atoms with E-state index in [1.165, 1.54) is 9.87 Å². The molecule has 5 heteroatoms. The van der Waals surface area contributed by atoms with Gasteiger partial charge in [0.05, 0.1) is 17.1 Å². The Morgan fingerprint density at radius 3 is 2.77 bits per heavy atom. The summed E-state index contributed by atoms with van der Waals surface area (Å²) in [6, 6.07) is 7.64. The molecule has 0 amide bonds. The molecular formula is C17H23NO3S. The minimum Gasteiger partial charge on any atom is -0.392 e. The molecule has 0 spiro atoms. The molecule has 2 unspecified atom stereocenters. The van der Waals surface area contributed by atoms with Gasteiger partial charge in [-0.2, -0.15) is 4.31 Å². The number of sulfonamides is 1. The number of nitrogens with zero attached hydrogens (tertiary/aromatic N) is 1. The molecule has 2 aliphatic rings. The Hall–Kier alpha value is -1.17. The molecule has 1 aliphatic heterocycles. The highest BCUT2D eigenvalue weighted by atomic mass is 32.2.